The molecule has 0 fully saturated rings. The van der Waals surface area contributed by atoms with Crippen molar-refractivity contribution in [3.63, 3.8) is 0 Å². The van der Waals surface area contributed by atoms with Gasteiger partial charge in [-0.05, 0) is 31.1 Å². The molecule has 122 valence electrons. The van der Waals surface area contributed by atoms with Crippen molar-refractivity contribution in [2.24, 2.45) is 0 Å². The Hall–Kier alpha value is -1.88. The summed E-state index contributed by atoms with van der Waals surface area (Å²) in [6.07, 6.45) is 7.22. The lowest BCUT2D eigenvalue weighted by Crippen LogP contribution is -2.26. The Bertz CT molecular complexity index is 631. The van der Waals surface area contributed by atoms with Crippen LogP contribution in [0.2, 0.25) is 0 Å². The zero-order valence-electron chi connectivity index (χ0n) is 13.7. The van der Waals surface area contributed by atoms with Crippen LogP contribution >= 0.6 is 11.8 Å². The number of benzene rings is 1. The third kappa shape index (κ3) is 5.36. The molecule has 4 nitrogen and oxygen atoms in total. The van der Waals surface area contributed by atoms with Crippen molar-refractivity contribution in [3.05, 3.63) is 53.3 Å². The highest BCUT2D eigenvalue weighted by Crippen LogP contribution is 2.14. The SMILES string of the molecule is CCCc1nc(SC)ncc1C(=O)NCCCc1ccccc1. The number of nitrogens with one attached hydrogen (secondary N) is 1. The standard InChI is InChI=1S/C18H23N3OS/c1-3-8-16-15(13-20-18(21-16)23-2)17(22)19-12-7-11-14-9-5-4-6-10-14/h4-6,9-10,13H,3,7-8,11-12H2,1-2H3,(H,19,22). The maximum absolute atomic E-state index is 12.4. The van der Waals surface area contributed by atoms with Gasteiger partial charge in [-0.1, -0.05) is 55.4 Å². The quantitative estimate of drug-likeness (QED) is 0.457. The lowest BCUT2D eigenvalue weighted by atomic mass is 10.1. The van der Waals surface area contributed by atoms with Gasteiger partial charge in [-0.2, -0.15) is 0 Å². The van der Waals surface area contributed by atoms with E-state index in [9.17, 15) is 4.79 Å². The number of amides is 1. The van der Waals surface area contributed by atoms with E-state index < -0.39 is 0 Å². The lowest BCUT2D eigenvalue weighted by Gasteiger charge is -2.09. The van der Waals surface area contributed by atoms with E-state index in [0.29, 0.717) is 17.3 Å². The molecule has 0 aliphatic heterocycles. The summed E-state index contributed by atoms with van der Waals surface area (Å²) in [5.41, 5.74) is 2.73. The monoisotopic (exact) mass is 329 g/mol. The molecule has 2 rings (SSSR count). The summed E-state index contributed by atoms with van der Waals surface area (Å²) in [6, 6.07) is 10.3. The van der Waals surface area contributed by atoms with Gasteiger partial charge >= 0.3 is 0 Å². The number of aryl methyl sites for hydroxylation is 2. The topological polar surface area (TPSA) is 54.9 Å². The van der Waals surface area contributed by atoms with Crippen LogP contribution in [0.25, 0.3) is 0 Å². The molecule has 1 heterocycles. The fourth-order valence-corrected chi connectivity index (χ4v) is 2.71. The molecule has 0 aliphatic carbocycles. The second-order valence-electron chi connectivity index (χ2n) is 5.31. The van der Waals surface area contributed by atoms with Crippen molar-refractivity contribution in [3.8, 4) is 0 Å². The van der Waals surface area contributed by atoms with Gasteiger partial charge in [0.25, 0.3) is 5.91 Å². The molecule has 1 N–H and O–H groups in total. The zero-order valence-corrected chi connectivity index (χ0v) is 14.5. The minimum absolute atomic E-state index is 0.0748. The van der Waals surface area contributed by atoms with E-state index in [-0.39, 0.29) is 5.91 Å². The minimum atomic E-state index is -0.0748. The third-order valence-electron chi connectivity index (χ3n) is 3.53. The second-order valence-corrected chi connectivity index (χ2v) is 6.09. The van der Waals surface area contributed by atoms with Gasteiger partial charge in [0.15, 0.2) is 5.16 Å². The van der Waals surface area contributed by atoms with Gasteiger partial charge in [-0.15, -0.1) is 0 Å². The summed E-state index contributed by atoms with van der Waals surface area (Å²) in [7, 11) is 0. The van der Waals surface area contributed by atoms with E-state index in [0.717, 1.165) is 31.4 Å². The van der Waals surface area contributed by atoms with Crippen LogP contribution in [0.4, 0.5) is 0 Å². The normalized spacial score (nSPS) is 10.5. The van der Waals surface area contributed by atoms with Crippen molar-refractivity contribution in [2.75, 3.05) is 12.8 Å². The molecular formula is C18H23N3OS. The zero-order chi connectivity index (χ0) is 16.5. The van der Waals surface area contributed by atoms with Gasteiger partial charge in [0, 0.05) is 12.7 Å². The summed E-state index contributed by atoms with van der Waals surface area (Å²) < 4.78 is 0. The summed E-state index contributed by atoms with van der Waals surface area (Å²) >= 11 is 1.49. The second kappa shape index (κ2) is 9.30. The van der Waals surface area contributed by atoms with Gasteiger partial charge in [0.05, 0.1) is 11.3 Å². The highest BCUT2D eigenvalue weighted by Gasteiger charge is 2.13. The highest BCUT2D eigenvalue weighted by molar-refractivity contribution is 7.98. The number of carbonyl (C=O) groups is 1. The van der Waals surface area contributed by atoms with Crippen LogP contribution in [0.3, 0.4) is 0 Å². The van der Waals surface area contributed by atoms with Gasteiger partial charge in [0.1, 0.15) is 0 Å². The Morgan fingerprint density at radius 3 is 2.70 bits per heavy atom. The first-order valence-corrected chi connectivity index (χ1v) is 9.19. The Labute approximate surface area is 142 Å². The predicted octanol–water partition coefficient (Wildman–Crippen LogP) is 3.51. The molecule has 0 aliphatic rings. The molecule has 1 aromatic carbocycles. The van der Waals surface area contributed by atoms with Gasteiger partial charge < -0.3 is 5.32 Å². The van der Waals surface area contributed by atoms with Crippen molar-refractivity contribution >= 4 is 17.7 Å². The van der Waals surface area contributed by atoms with E-state index in [2.05, 4.69) is 34.3 Å². The molecule has 23 heavy (non-hydrogen) atoms. The minimum Gasteiger partial charge on any atom is -0.352 e. The molecule has 1 aromatic heterocycles. The number of rotatable bonds is 8. The largest absolute Gasteiger partial charge is 0.352 e. The van der Waals surface area contributed by atoms with Crippen molar-refractivity contribution < 1.29 is 4.79 Å². The van der Waals surface area contributed by atoms with E-state index in [1.54, 1.807) is 6.20 Å². The Morgan fingerprint density at radius 2 is 2.00 bits per heavy atom. The third-order valence-corrected chi connectivity index (χ3v) is 4.09. The lowest BCUT2D eigenvalue weighted by molar-refractivity contribution is 0.0951. The van der Waals surface area contributed by atoms with Crippen LogP contribution in [-0.4, -0.2) is 28.7 Å². The molecule has 0 unspecified atom stereocenters. The molecule has 1 amide bonds. The average Bonchev–Trinajstić information content (AvgIpc) is 2.59. The van der Waals surface area contributed by atoms with Gasteiger partial charge in [-0.25, -0.2) is 9.97 Å². The number of hydrogen-bond acceptors (Lipinski definition) is 4. The van der Waals surface area contributed by atoms with Crippen molar-refractivity contribution in [2.45, 2.75) is 37.8 Å². The van der Waals surface area contributed by atoms with Crippen LogP contribution in [-0.2, 0) is 12.8 Å². The van der Waals surface area contributed by atoms with E-state index in [4.69, 9.17) is 0 Å². The molecular weight excluding hydrogens is 306 g/mol. The van der Waals surface area contributed by atoms with Crippen LogP contribution in [0.15, 0.2) is 41.7 Å². The maximum Gasteiger partial charge on any atom is 0.254 e. The molecule has 0 saturated carbocycles. The highest BCUT2D eigenvalue weighted by atomic mass is 32.2. The fourth-order valence-electron chi connectivity index (χ4n) is 2.35. The van der Waals surface area contributed by atoms with Gasteiger partial charge in [0.2, 0.25) is 0 Å². The van der Waals surface area contributed by atoms with Crippen LogP contribution < -0.4 is 5.32 Å². The van der Waals surface area contributed by atoms with Gasteiger partial charge in [-0.3, -0.25) is 4.79 Å². The Morgan fingerprint density at radius 1 is 1.22 bits per heavy atom. The predicted molar refractivity (Wildman–Crippen MR) is 94.9 cm³/mol. The molecule has 0 spiro atoms. The van der Waals surface area contributed by atoms with Crippen molar-refractivity contribution in [1.29, 1.82) is 0 Å². The molecule has 5 heteroatoms. The molecule has 0 saturated heterocycles. The number of nitrogens with zero attached hydrogens (tertiary/aromatic N) is 2. The number of hydrogen-bond donors (Lipinski definition) is 1. The number of thioether (sulfide) groups is 1. The first kappa shape index (κ1) is 17.5. The first-order chi connectivity index (χ1) is 11.2. The Kier molecular flexibility index (Phi) is 7.07. The maximum atomic E-state index is 12.4. The van der Waals surface area contributed by atoms with E-state index in [1.807, 2.05) is 24.5 Å². The number of aromatic nitrogens is 2. The average molecular weight is 329 g/mol. The molecule has 2 aromatic rings. The smallest absolute Gasteiger partial charge is 0.254 e. The van der Waals surface area contributed by atoms with Crippen LogP contribution in [0, 0.1) is 0 Å². The van der Waals surface area contributed by atoms with Crippen LogP contribution in [0.5, 0.6) is 0 Å². The van der Waals surface area contributed by atoms with Crippen LogP contribution in [0.1, 0.15) is 41.4 Å². The Balaban J connectivity index is 1.89. The van der Waals surface area contributed by atoms with Crippen molar-refractivity contribution in [1.82, 2.24) is 15.3 Å². The van der Waals surface area contributed by atoms with E-state index >= 15 is 0 Å². The van der Waals surface area contributed by atoms with E-state index in [1.165, 1.54) is 17.3 Å². The summed E-state index contributed by atoms with van der Waals surface area (Å²) in [5, 5.41) is 3.70. The fraction of sp³-hybridized carbons (Fsp3) is 0.389. The first-order valence-electron chi connectivity index (χ1n) is 7.96. The molecule has 0 radical (unpaired) electrons. The summed E-state index contributed by atoms with van der Waals surface area (Å²) in [5.74, 6) is -0.0748. The summed E-state index contributed by atoms with van der Waals surface area (Å²) in [4.78, 5) is 21.1. The summed E-state index contributed by atoms with van der Waals surface area (Å²) in [6.45, 7) is 2.74. The molecule has 0 bridgehead atoms. The number of carbonyl (C=O) groups excluding carboxylic acids is 1. The molecule has 0 atom stereocenters.